The molecule has 2 aliphatic rings. The third-order valence-corrected chi connectivity index (χ3v) is 4.20. The molecule has 1 saturated carbocycles. The normalized spacial score (nSPS) is 51.9. The van der Waals surface area contributed by atoms with E-state index in [9.17, 15) is 20.4 Å². The maximum atomic E-state index is 9.93. The molecule has 9 atom stereocenters. The zero-order valence-corrected chi connectivity index (χ0v) is 11.7. The van der Waals surface area contributed by atoms with Crippen molar-refractivity contribution < 1.29 is 29.9 Å². The van der Waals surface area contributed by atoms with E-state index in [4.69, 9.17) is 26.7 Å². The summed E-state index contributed by atoms with van der Waals surface area (Å²) < 4.78 is 11.0. The summed E-state index contributed by atoms with van der Waals surface area (Å²) in [5.41, 5.74) is 17.1. The number of aliphatic hydroxyl groups excluding tert-OH is 4. The van der Waals surface area contributed by atoms with Gasteiger partial charge in [0.05, 0.1) is 12.2 Å². The van der Waals surface area contributed by atoms with Crippen LogP contribution in [0.15, 0.2) is 0 Å². The summed E-state index contributed by atoms with van der Waals surface area (Å²) in [5, 5.41) is 39.2. The van der Waals surface area contributed by atoms with Crippen LogP contribution in [-0.2, 0) is 9.47 Å². The summed E-state index contributed by atoms with van der Waals surface area (Å²) in [5.74, 6) is 0. The van der Waals surface area contributed by atoms with E-state index in [-0.39, 0.29) is 13.0 Å². The van der Waals surface area contributed by atoms with Crippen LogP contribution in [0.3, 0.4) is 0 Å². The van der Waals surface area contributed by atoms with Crippen molar-refractivity contribution in [1.82, 2.24) is 0 Å². The molecule has 0 amide bonds. The van der Waals surface area contributed by atoms with Crippen molar-refractivity contribution in [2.75, 3.05) is 6.54 Å². The first kappa shape index (κ1) is 17.0. The Hall–Kier alpha value is -0.360. The summed E-state index contributed by atoms with van der Waals surface area (Å²) in [6, 6.07) is -0.833. The minimum Gasteiger partial charge on any atom is -0.391 e. The van der Waals surface area contributed by atoms with Gasteiger partial charge >= 0.3 is 0 Å². The van der Waals surface area contributed by atoms with Gasteiger partial charge in [0.2, 0.25) is 0 Å². The SMILES string of the molecule is NC[C@@H]1O[C@H](O[C@@H]2C[C@@H](O)[C@H](N)C[C@H]2N)[C@@H](O)[C@H](O)[C@H]1O. The number of rotatable bonds is 3. The third kappa shape index (κ3) is 3.52. The molecule has 2 fully saturated rings. The topological polar surface area (TPSA) is 177 Å². The highest BCUT2D eigenvalue weighted by atomic mass is 16.7. The zero-order valence-electron chi connectivity index (χ0n) is 11.7. The molecule has 0 aromatic heterocycles. The van der Waals surface area contributed by atoms with E-state index in [1.807, 2.05) is 0 Å². The molecule has 1 heterocycles. The van der Waals surface area contributed by atoms with Gasteiger partial charge < -0.3 is 47.1 Å². The Morgan fingerprint density at radius 3 is 2.24 bits per heavy atom. The van der Waals surface area contributed by atoms with E-state index in [1.54, 1.807) is 0 Å². The second-order valence-electron chi connectivity index (χ2n) is 5.79. The maximum Gasteiger partial charge on any atom is 0.186 e. The molecule has 0 unspecified atom stereocenters. The van der Waals surface area contributed by atoms with Crippen molar-refractivity contribution in [1.29, 1.82) is 0 Å². The average molecular weight is 307 g/mol. The third-order valence-electron chi connectivity index (χ3n) is 4.20. The molecule has 9 heteroatoms. The highest BCUT2D eigenvalue weighted by Gasteiger charge is 2.46. The Bertz CT molecular complexity index is 347. The quantitative estimate of drug-likeness (QED) is 0.273. The van der Waals surface area contributed by atoms with Crippen molar-refractivity contribution in [3.8, 4) is 0 Å². The zero-order chi connectivity index (χ0) is 15.7. The van der Waals surface area contributed by atoms with Gasteiger partial charge in [0.1, 0.15) is 24.4 Å². The van der Waals surface area contributed by atoms with Crippen molar-refractivity contribution in [2.45, 2.75) is 67.8 Å². The molecule has 124 valence electrons. The van der Waals surface area contributed by atoms with Gasteiger partial charge in [0, 0.05) is 25.0 Å². The van der Waals surface area contributed by atoms with E-state index >= 15 is 0 Å². The van der Waals surface area contributed by atoms with Crippen LogP contribution < -0.4 is 17.2 Å². The fourth-order valence-corrected chi connectivity index (χ4v) is 2.76. The number of aliphatic hydroxyl groups is 4. The molecule has 0 aromatic carbocycles. The minimum absolute atomic E-state index is 0.0327. The largest absolute Gasteiger partial charge is 0.391 e. The minimum atomic E-state index is -1.43. The van der Waals surface area contributed by atoms with E-state index in [2.05, 4.69) is 0 Å². The molecule has 0 bridgehead atoms. The molecular weight excluding hydrogens is 282 g/mol. The fourth-order valence-electron chi connectivity index (χ4n) is 2.76. The van der Waals surface area contributed by atoms with Crippen molar-refractivity contribution in [3.05, 3.63) is 0 Å². The number of ether oxygens (including phenoxy) is 2. The first-order valence-corrected chi connectivity index (χ1v) is 7.09. The van der Waals surface area contributed by atoms with Crippen LogP contribution in [0, 0.1) is 0 Å². The molecule has 1 aliphatic heterocycles. The first-order chi connectivity index (χ1) is 9.85. The monoisotopic (exact) mass is 307 g/mol. The Morgan fingerprint density at radius 1 is 0.952 bits per heavy atom. The summed E-state index contributed by atoms with van der Waals surface area (Å²) >= 11 is 0. The van der Waals surface area contributed by atoms with Crippen LogP contribution in [0.5, 0.6) is 0 Å². The highest BCUT2D eigenvalue weighted by molar-refractivity contribution is 4.94. The van der Waals surface area contributed by atoms with Gasteiger partial charge in [-0.3, -0.25) is 0 Å². The standard InChI is InChI=1S/C12H25N3O6/c13-3-8-9(17)10(18)11(19)12(21-8)20-7-2-6(16)4(14)1-5(7)15/h4-12,16-19H,1-3,13-15H2/t4-,5-,6-,7-,8+,9+,10-,11+,12+/m1/s1. The lowest BCUT2D eigenvalue weighted by molar-refractivity contribution is -0.309. The van der Waals surface area contributed by atoms with Crippen LogP contribution in [0.25, 0.3) is 0 Å². The summed E-state index contributed by atoms with van der Waals surface area (Å²) in [6.45, 7) is -0.0327. The maximum absolute atomic E-state index is 9.93. The van der Waals surface area contributed by atoms with Crippen molar-refractivity contribution >= 4 is 0 Å². The van der Waals surface area contributed by atoms with Crippen molar-refractivity contribution in [2.24, 2.45) is 17.2 Å². The Morgan fingerprint density at radius 2 is 1.62 bits per heavy atom. The Kier molecular flexibility index (Phi) is 5.52. The predicted molar refractivity (Wildman–Crippen MR) is 71.8 cm³/mol. The summed E-state index contributed by atoms with van der Waals surface area (Å²) in [4.78, 5) is 0. The van der Waals surface area contributed by atoms with E-state index in [0.29, 0.717) is 6.42 Å². The molecule has 21 heavy (non-hydrogen) atoms. The average Bonchev–Trinajstić information content (AvgIpc) is 2.45. The van der Waals surface area contributed by atoms with Crippen LogP contribution >= 0.6 is 0 Å². The van der Waals surface area contributed by atoms with Crippen LogP contribution in [0.1, 0.15) is 12.8 Å². The molecule has 0 aromatic rings. The van der Waals surface area contributed by atoms with Crippen LogP contribution in [0.4, 0.5) is 0 Å². The number of nitrogens with two attached hydrogens (primary N) is 3. The first-order valence-electron chi connectivity index (χ1n) is 7.09. The molecule has 9 nitrogen and oxygen atoms in total. The molecule has 0 spiro atoms. The van der Waals surface area contributed by atoms with Gasteiger partial charge in [-0.1, -0.05) is 0 Å². The lowest BCUT2D eigenvalue weighted by Gasteiger charge is -2.43. The summed E-state index contributed by atoms with van der Waals surface area (Å²) in [6.07, 6.45) is -6.90. The molecule has 2 rings (SSSR count). The summed E-state index contributed by atoms with van der Waals surface area (Å²) in [7, 11) is 0. The van der Waals surface area contributed by atoms with Gasteiger partial charge in [0.25, 0.3) is 0 Å². The molecule has 1 saturated heterocycles. The van der Waals surface area contributed by atoms with Gasteiger partial charge in [-0.05, 0) is 6.42 Å². The second-order valence-corrected chi connectivity index (χ2v) is 5.79. The Balaban J connectivity index is 2.01. The smallest absolute Gasteiger partial charge is 0.186 e. The molecule has 1 aliphatic carbocycles. The van der Waals surface area contributed by atoms with E-state index in [1.165, 1.54) is 0 Å². The highest BCUT2D eigenvalue weighted by Crippen LogP contribution is 2.27. The van der Waals surface area contributed by atoms with E-state index < -0.39 is 55.0 Å². The van der Waals surface area contributed by atoms with E-state index in [0.717, 1.165) is 0 Å². The van der Waals surface area contributed by atoms with Crippen LogP contribution in [0.2, 0.25) is 0 Å². The fraction of sp³-hybridized carbons (Fsp3) is 1.00. The van der Waals surface area contributed by atoms with Crippen LogP contribution in [-0.4, -0.2) is 82.0 Å². The van der Waals surface area contributed by atoms with Gasteiger partial charge in [-0.25, -0.2) is 0 Å². The Labute approximate surface area is 122 Å². The predicted octanol–water partition coefficient (Wildman–Crippen LogP) is -4.05. The number of hydrogen-bond acceptors (Lipinski definition) is 9. The molecular formula is C12H25N3O6. The molecule has 0 radical (unpaired) electrons. The lowest BCUT2D eigenvalue weighted by Crippen LogP contribution is -2.62. The van der Waals surface area contributed by atoms with Gasteiger partial charge in [-0.15, -0.1) is 0 Å². The van der Waals surface area contributed by atoms with Gasteiger partial charge in [-0.2, -0.15) is 0 Å². The molecule has 10 N–H and O–H groups in total. The second kappa shape index (κ2) is 6.82. The number of hydrogen-bond donors (Lipinski definition) is 7. The van der Waals surface area contributed by atoms with Gasteiger partial charge in [0.15, 0.2) is 6.29 Å². The lowest BCUT2D eigenvalue weighted by atomic mass is 9.87. The van der Waals surface area contributed by atoms with Crippen molar-refractivity contribution in [3.63, 3.8) is 0 Å².